The minimum Gasteiger partial charge on any atom is -0.435 e. The molecule has 0 atom stereocenters. The van der Waals surface area contributed by atoms with Crippen molar-refractivity contribution in [2.75, 3.05) is 5.32 Å². The topological polar surface area (TPSA) is 39.1 Å². The van der Waals surface area contributed by atoms with Crippen molar-refractivity contribution >= 4 is 5.69 Å². The maximum absolute atomic E-state index is 12.0. The summed E-state index contributed by atoms with van der Waals surface area (Å²) in [6, 6.07) is 6.38. The number of aryl methyl sites for hydroxylation is 1. The minimum absolute atomic E-state index is 0.149. The molecule has 0 aliphatic rings. The fraction of sp³-hybridized carbons (Fsp3) is 0.308. The number of anilines is 1. The number of hydrogen-bond acceptors (Lipinski definition) is 3. The van der Waals surface area contributed by atoms with E-state index < -0.39 is 6.61 Å². The van der Waals surface area contributed by atoms with Crippen molar-refractivity contribution < 1.29 is 13.5 Å². The molecule has 19 heavy (non-hydrogen) atoms. The lowest BCUT2D eigenvalue weighted by atomic mass is 10.3. The summed E-state index contributed by atoms with van der Waals surface area (Å²) in [4.78, 5) is 4.24. The Labute approximate surface area is 110 Å². The van der Waals surface area contributed by atoms with E-state index in [2.05, 4.69) is 15.0 Å². The van der Waals surface area contributed by atoms with E-state index in [0.29, 0.717) is 6.54 Å². The highest BCUT2D eigenvalue weighted by molar-refractivity contribution is 5.46. The Kier molecular flexibility index (Phi) is 4.33. The van der Waals surface area contributed by atoms with Crippen LogP contribution in [0.2, 0.25) is 0 Å². The summed E-state index contributed by atoms with van der Waals surface area (Å²) >= 11 is 0. The Morgan fingerprint density at radius 1 is 1.32 bits per heavy atom. The molecule has 1 heterocycles. The molecule has 0 spiro atoms. The second-order valence-electron chi connectivity index (χ2n) is 3.89. The number of imidazole rings is 1. The summed E-state index contributed by atoms with van der Waals surface area (Å²) < 4.78 is 30.3. The van der Waals surface area contributed by atoms with E-state index in [1.54, 1.807) is 18.3 Å². The zero-order chi connectivity index (χ0) is 13.7. The van der Waals surface area contributed by atoms with Crippen molar-refractivity contribution in [2.24, 2.45) is 0 Å². The van der Waals surface area contributed by atoms with Gasteiger partial charge in [0.25, 0.3) is 0 Å². The van der Waals surface area contributed by atoms with Crippen LogP contribution in [0.1, 0.15) is 12.7 Å². The van der Waals surface area contributed by atoms with Crippen molar-refractivity contribution in [1.82, 2.24) is 9.55 Å². The van der Waals surface area contributed by atoms with E-state index in [0.717, 1.165) is 18.1 Å². The van der Waals surface area contributed by atoms with Crippen LogP contribution in [0, 0.1) is 0 Å². The van der Waals surface area contributed by atoms with Gasteiger partial charge in [-0.1, -0.05) is 0 Å². The first kappa shape index (κ1) is 13.3. The van der Waals surface area contributed by atoms with Gasteiger partial charge in [0.15, 0.2) is 0 Å². The standard InChI is InChI=1S/C13H15F2N3O/c1-2-18-8-7-16-12(18)9-17-10-3-5-11(6-4-10)19-13(14)15/h3-8,13,17H,2,9H2,1H3. The van der Waals surface area contributed by atoms with Gasteiger partial charge in [-0.3, -0.25) is 0 Å². The van der Waals surface area contributed by atoms with E-state index in [1.807, 2.05) is 17.7 Å². The Bertz CT molecular complexity index is 511. The highest BCUT2D eigenvalue weighted by Crippen LogP contribution is 2.18. The second-order valence-corrected chi connectivity index (χ2v) is 3.89. The normalized spacial score (nSPS) is 10.7. The molecule has 102 valence electrons. The third-order valence-corrected chi connectivity index (χ3v) is 2.67. The summed E-state index contributed by atoms with van der Waals surface area (Å²) in [5.74, 6) is 1.08. The van der Waals surface area contributed by atoms with Gasteiger partial charge in [0.2, 0.25) is 0 Å². The van der Waals surface area contributed by atoms with Gasteiger partial charge in [0, 0.05) is 24.6 Å². The van der Waals surface area contributed by atoms with Gasteiger partial charge in [0.1, 0.15) is 11.6 Å². The average Bonchev–Trinajstić information content (AvgIpc) is 2.84. The van der Waals surface area contributed by atoms with Crippen LogP contribution in [0.15, 0.2) is 36.7 Å². The Balaban J connectivity index is 1.93. The molecule has 2 aromatic rings. The van der Waals surface area contributed by atoms with Crippen LogP contribution in [-0.4, -0.2) is 16.2 Å². The first-order chi connectivity index (χ1) is 9.19. The van der Waals surface area contributed by atoms with Crippen LogP contribution in [0.5, 0.6) is 5.75 Å². The van der Waals surface area contributed by atoms with Crippen LogP contribution in [-0.2, 0) is 13.1 Å². The molecule has 1 aromatic heterocycles. The molecule has 1 aromatic carbocycles. The van der Waals surface area contributed by atoms with Crippen molar-refractivity contribution in [3.05, 3.63) is 42.5 Å². The van der Waals surface area contributed by atoms with E-state index in [4.69, 9.17) is 0 Å². The van der Waals surface area contributed by atoms with Gasteiger partial charge >= 0.3 is 6.61 Å². The SMILES string of the molecule is CCn1ccnc1CNc1ccc(OC(F)F)cc1. The third kappa shape index (κ3) is 3.67. The van der Waals surface area contributed by atoms with Crippen LogP contribution in [0.3, 0.4) is 0 Å². The summed E-state index contributed by atoms with van der Waals surface area (Å²) in [5.41, 5.74) is 0.826. The molecule has 0 saturated carbocycles. The molecule has 0 saturated heterocycles. The molecule has 2 rings (SSSR count). The lowest BCUT2D eigenvalue weighted by molar-refractivity contribution is -0.0498. The smallest absolute Gasteiger partial charge is 0.387 e. The number of halogens is 2. The number of nitrogens with zero attached hydrogens (tertiary/aromatic N) is 2. The first-order valence-electron chi connectivity index (χ1n) is 5.98. The van der Waals surface area contributed by atoms with Gasteiger partial charge in [-0.25, -0.2) is 4.98 Å². The number of rotatable bonds is 6. The van der Waals surface area contributed by atoms with E-state index in [9.17, 15) is 8.78 Å². The highest BCUT2D eigenvalue weighted by atomic mass is 19.3. The van der Waals surface area contributed by atoms with Gasteiger partial charge in [-0.05, 0) is 31.2 Å². The average molecular weight is 267 g/mol. The molecule has 0 unspecified atom stereocenters. The summed E-state index contributed by atoms with van der Waals surface area (Å²) in [5, 5.41) is 3.18. The Morgan fingerprint density at radius 3 is 2.68 bits per heavy atom. The molecular formula is C13H15F2N3O. The van der Waals surface area contributed by atoms with Crippen molar-refractivity contribution in [3.8, 4) is 5.75 Å². The number of hydrogen-bond donors (Lipinski definition) is 1. The van der Waals surface area contributed by atoms with Crippen LogP contribution >= 0.6 is 0 Å². The summed E-state index contributed by atoms with van der Waals surface area (Å²) in [6.07, 6.45) is 3.66. The van der Waals surface area contributed by atoms with Crippen LogP contribution < -0.4 is 10.1 Å². The predicted molar refractivity (Wildman–Crippen MR) is 68.3 cm³/mol. The number of alkyl halides is 2. The molecule has 0 radical (unpaired) electrons. The van der Waals surface area contributed by atoms with Gasteiger partial charge < -0.3 is 14.6 Å². The number of benzene rings is 1. The van der Waals surface area contributed by atoms with Gasteiger partial charge in [-0.2, -0.15) is 8.78 Å². The van der Waals surface area contributed by atoms with Gasteiger partial charge in [-0.15, -0.1) is 0 Å². The Morgan fingerprint density at radius 2 is 2.05 bits per heavy atom. The lowest BCUT2D eigenvalue weighted by Crippen LogP contribution is -2.07. The van der Waals surface area contributed by atoms with Crippen LogP contribution in [0.25, 0.3) is 0 Å². The number of aromatic nitrogens is 2. The molecule has 0 aliphatic heterocycles. The zero-order valence-electron chi connectivity index (χ0n) is 10.5. The van der Waals surface area contributed by atoms with Crippen molar-refractivity contribution in [1.29, 1.82) is 0 Å². The lowest BCUT2D eigenvalue weighted by Gasteiger charge is -2.09. The molecule has 1 N–H and O–H groups in total. The summed E-state index contributed by atoms with van der Waals surface area (Å²) in [7, 11) is 0. The minimum atomic E-state index is -2.80. The monoisotopic (exact) mass is 267 g/mol. The summed E-state index contributed by atoms with van der Waals surface area (Å²) in [6.45, 7) is 0.686. The molecular weight excluding hydrogens is 252 g/mol. The number of ether oxygens (including phenoxy) is 1. The van der Waals surface area contributed by atoms with Gasteiger partial charge in [0.05, 0.1) is 6.54 Å². The van der Waals surface area contributed by atoms with E-state index in [-0.39, 0.29) is 5.75 Å². The fourth-order valence-electron chi connectivity index (χ4n) is 1.73. The first-order valence-corrected chi connectivity index (χ1v) is 5.98. The molecule has 6 heteroatoms. The number of nitrogens with one attached hydrogen (secondary N) is 1. The highest BCUT2D eigenvalue weighted by Gasteiger charge is 2.04. The molecule has 0 amide bonds. The maximum atomic E-state index is 12.0. The fourth-order valence-corrected chi connectivity index (χ4v) is 1.73. The van der Waals surface area contributed by atoms with Crippen molar-refractivity contribution in [2.45, 2.75) is 26.6 Å². The van der Waals surface area contributed by atoms with Crippen LogP contribution in [0.4, 0.5) is 14.5 Å². The maximum Gasteiger partial charge on any atom is 0.387 e. The quantitative estimate of drug-likeness (QED) is 0.874. The van der Waals surface area contributed by atoms with Crippen molar-refractivity contribution in [3.63, 3.8) is 0 Å². The molecule has 4 nitrogen and oxygen atoms in total. The molecule has 0 fully saturated rings. The second kappa shape index (κ2) is 6.17. The molecule has 0 bridgehead atoms. The molecule has 0 aliphatic carbocycles. The zero-order valence-corrected chi connectivity index (χ0v) is 10.5. The third-order valence-electron chi connectivity index (χ3n) is 2.67. The van der Waals surface area contributed by atoms with E-state index >= 15 is 0 Å². The largest absolute Gasteiger partial charge is 0.435 e. The Hall–Kier alpha value is -2.11. The predicted octanol–water partition coefficient (Wildman–Crippen LogP) is 3.12. The van der Waals surface area contributed by atoms with E-state index in [1.165, 1.54) is 12.1 Å².